The van der Waals surface area contributed by atoms with Gasteiger partial charge in [-0.05, 0) is 48.5 Å². The Kier molecular flexibility index (Phi) is 5.59. The summed E-state index contributed by atoms with van der Waals surface area (Å²) in [7, 11) is 0. The molecule has 3 aromatic rings. The quantitative estimate of drug-likeness (QED) is 0.554. The van der Waals surface area contributed by atoms with Gasteiger partial charge in [-0.15, -0.1) is 0 Å². The van der Waals surface area contributed by atoms with E-state index in [1.807, 2.05) is 55.5 Å². The molecule has 0 unspecified atom stereocenters. The normalized spacial score (nSPS) is 15.1. The number of ether oxygens (including phenoxy) is 1. The molecule has 6 heteroatoms. The third-order valence-corrected chi connectivity index (χ3v) is 5.47. The van der Waals surface area contributed by atoms with Gasteiger partial charge in [-0.3, -0.25) is 9.59 Å². The van der Waals surface area contributed by atoms with Gasteiger partial charge in [-0.25, -0.2) is 4.90 Å². The smallest absolute Gasteiger partial charge is 0.298 e. The Morgan fingerprint density at radius 2 is 1.77 bits per heavy atom. The monoisotopic (exact) mass is 417 g/mol. The van der Waals surface area contributed by atoms with Crippen LogP contribution >= 0.6 is 11.8 Å². The van der Waals surface area contributed by atoms with Gasteiger partial charge >= 0.3 is 0 Å². The highest BCUT2D eigenvalue weighted by atomic mass is 32.2. The molecule has 30 heavy (non-hydrogen) atoms. The molecule has 1 N–H and O–H groups in total. The van der Waals surface area contributed by atoms with Gasteiger partial charge in [-0.2, -0.15) is 0 Å². The zero-order valence-electron chi connectivity index (χ0n) is 16.2. The molecule has 0 spiro atoms. The van der Waals surface area contributed by atoms with Crippen LogP contribution in [0.15, 0.2) is 77.7 Å². The van der Waals surface area contributed by atoms with Gasteiger partial charge in [0.1, 0.15) is 18.1 Å². The number of carbonyl (C=O) groups is 2. The van der Waals surface area contributed by atoms with Crippen LogP contribution in [0.25, 0.3) is 6.08 Å². The van der Waals surface area contributed by atoms with E-state index in [1.54, 1.807) is 18.2 Å². The molecular formula is C24H19NO4S. The number of carbonyl (C=O) groups excluding carboxylic acids is 2. The summed E-state index contributed by atoms with van der Waals surface area (Å²) in [6, 6.07) is 21.5. The number of aromatic hydroxyl groups is 1. The molecule has 0 saturated carbocycles. The van der Waals surface area contributed by atoms with Crippen molar-refractivity contribution in [1.29, 1.82) is 0 Å². The zero-order valence-corrected chi connectivity index (χ0v) is 17.1. The molecule has 0 aromatic heterocycles. The fourth-order valence-corrected chi connectivity index (χ4v) is 3.87. The van der Waals surface area contributed by atoms with E-state index in [1.165, 1.54) is 17.7 Å². The van der Waals surface area contributed by atoms with Gasteiger partial charge in [0.15, 0.2) is 0 Å². The van der Waals surface area contributed by atoms with Gasteiger partial charge < -0.3 is 9.84 Å². The molecule has 1 aliphatic rings. The van der Waals surface area contributed by atoms with Gasteiger partial charge in [0, 0.05) is 11.6 Å². The average molecular weight is 417 g/mol. The zero-order chi connectivity index (χ0) is 21.1. The van der Waals surface area contributed by atoms with Crippen molar-refractivity contribution >= 4 is 34.7 Å². The van der Waals surface area contributed by atoms with E-state index in [4.69, 9.17) is 4.74 Å². The summed E-state index contributed by atoms with van der Waals surface area (Å²) in [5.41, 5.74) is 3.28. The summed E-state index contributed by atoms with van der Waals surface area (Å²) in [5.74, 6) is 0.191. The van der Waals surface area contributed by atoms with Crippen molar-refractivity contribution < 1.29 is 19.4 Å². The number of para-hydroxylation sites is 1. The average Bonchev–Trinajstić information content (AvgIpc) is 3.01. The Morgan fingerprint density at radius 3 is 2.53 bits per heavy atom. The molecule has 1 saturated heterocycles. The number of hydrogen-bond acceptors (Lipinski definition) is 5. The Balaban J connectivity index is 1.57. The number of rotatable bonds is 5. The number of phenols is 1. The van der Waals surface area contributed by atoms with E-state index in [0.29, 0.717) is 28.5 Å². The lowest BCUT2D eigenvalue weighted by molar-refractivity contribution is -0.113. The number of nitrogens with zero attached hydrogens (tertiary/aromatic N) is 1. The first kappa shape index (κ1) is 19.8. The fraction of sp³-hybridized carbons (Fsp3) is 0.0833. The molecule has 1 heterocycles. The number of thioether (sulfide) groups is 1. The minimum absolute atomic E-state index is 0.00891. The summed E-state index contributed by atoms with van der Waals surface area (Å²) < 4.78 is 5.97. The van der Waals surface area contributed by atoms with Crippen LogP contribution in [-0.2, 0) is 11.4 Å². The highest BCUT2D eigenvalue weighted by Crippen LogP contribution is 2.37. The van der Waals surface area contributed by atoms with Crippen molar-refractivity contribution in [1.82, 2.24) is 0 Å². The first-order valence-electron chi connectivity index (χ1n) is 9.35. The van der Waals surface area contributed by atoms with Crippen LogP contribution in [0.1, 0.15) is 16.7 Å². The Bertz CT molecular complexity index is 1140. The molecule has 0 atom stereocenters. The number of anilines is 1. The van der Waals surface area contributed by atoms with E-state index in [9.17, 15) is 14.7 Å². The van der Waals surface area contributed by atoms with Gasteiger partial charge in [-0.1, -0.05) is 54.1 Å². The first-order valence-corrected chi connectivity index (χ1v) is 10.2. The highest BCUT2D eigenvalue weighted by molar-refractivity contribution is 8.19. The van der Waals surface area contributed by atoms with E-state index in [0.717, 1.165) is 22.2 Å². The van der Waals surface area contributed by atoms with E-state index < -0.39 is 11.1 Å². The van der Waals surface area contributed by atoms with Crippen molar-refractivity contribution in [2.24, 2.45) is 0 Å². The molecule has 3 aromatic carbocycles. The minimum atomic E-state index is -0.427. The Hall–Kier alpha value is -3.51. The van der Waals surface area contributed by atoms with Crippen molar-refractivity contribution in [3.05, 3.63) is 94.4 Å². The molecular weight excluding hydrogens is 398 g/mol. The Labute approximate surface area is 178 Å². The predicted octanol–water partition coefficient (Wildman–Crippen LogP) is 5.52. The van der Waals surface area contributed by atoms with Gasteiger partial charge in [0.25, 0.3) is 11.1 Å². The number of benzene rings is 3. The molecule has 1 fully saturated rings. The Morgan fingerprint density at radius 1 is 1.00 bits per heavy atom. The summed E-state index contributed by atoms with van der Waals surface area (Å²) in [6.07, 6.45) is 1.66. The van der Waals surface area contributed by atoms with Crippen LogP contribution in [-0.4, -0.2) is 16.3 Å². The molecule has 4 rings (SSSR count). The first-order chi connectivity index (χ1) is 14.5. The van der Waals surface area contributed by atoms with Crippen molar-refractivity contribution in [2.45, 2.75) is 13.5 Å². The topological polar surface area (TPSA) is 66.8 Å². The number of aryl methyl sites for hydroxylation is 1. The fourth-order valence-electron chi connectivity index (χ4n) is 3.04. The number of hydrogen-bond donors (Lipinski definition) is 1. The second kappa shape index (κ2) is 8.47. The lowest BCUT2D eigenvalue weighted by Gasteiger charge is -2.12. The van der Waals surface area contributed by atoms with Crippen LogP contribution in [0.5, 0.6) is 11.5 Å². The van der Waals surface area contributed by atoms with Crippen LogP contribution < -0.4 is 9.64 Å². The van der Waals surface area contributed by atoms with Crippen LogP contribution in [0.4, 0.5) is 10.5 Å². The second-order valence-corrected chi connectivity index (χ2v) is 7.84. The third kappa shape index (κ3) is 4.23. The summed E-state index contributed by atoms with van der Waals surface area (Å²) in [4.78, 5) is 26.6. The standard InChI is InChI=1S/C24H19NO4S/c1-16-9-11-17(12-10-16)15-29-21-8-3-2-5-18(21)13-22-23(27)25(24(28)30-22)19-6-4-7-20(26)14-19/h2-14,26H,15H2,1H3. The number of imide groups is 1. The molecule has 2 amide bonds. The molecule has 1 aliphatic heterocycles. The predicted molar refractivity (Wildman–Crippen MR) is 119 cm³/mol. The van der Waals surface area contributed by atoms with Gasteiger partial charge in [0.2, 0.25) is 0 Å². The highest BCUT2D eigenvalue weighted by Gasteiger charge is 2.36. The van der Waals surface area contributed by atoms with E-state index >= 15 is 0 Å². The maximum atomic E-state index is 12.8. The lowest BCUT2D eigenvalue weighted by atomic mass is 10.1. The summed E-state index contributed by atoms with van der Waals surface area (Å²) >= 11 is 0.863. The summed E-state index contributed by atoms with van der Waals surface area (Å²) in [6.45, 7) is 2.43. The van der Waals surface area contributed by atoms with E-state index in [-0.39, 0.29) is 5.75 Å². The third-order valence-electron chi connectivity index (χ3n) is 4.60. The van der Waals surface area contributed by atoms with Crippen LogP contribution in [0, 0.1) is 6.92 Å². The van der Waals surface area contributed by atoms with Crippen LogP contribution in [0.2, 0.25) is 0 Å². The van der Waals surface area contributed by atoms with Crippen molar-refractivity contribution in [3.63, 3.8) is 0 Å². The second-order valence-electron chi connectivity index (χ2n) is 6.85. The molecule has 0 bridgehead atoms. The van der Waals surface area contributed by atoms with Crippen molar-refractivity contribution in [2.75, 3.05) is 4.90 Å². The maximum Gasteiger partial charge on any atom is 0.298 e. The molecule has 0 radical (unpaired) electrons. The van der Waals surface area contributed by atoms with Crippen molar-refractivity contribution in [3.8, 4) is 11.5 Å². The summed E-state index contributed by atoms with van der Waals surface area (Å²) in [5, 5.41) is 9.26. The molecule has 5 nitrogen and oxygen atoms in total. The lowest BCUT2D eigenvalue weighted by Crippen LogP contribution is -2.27. The number of amides is 2. The molecule has 0 aliphatic carbocycles. The maximum absolute atomic E-state index is 12.8. The largest absolute Gasteiger partial charge is 0.508 e. The van der Waals surface area contributed by atoms with E-state index in [2.05, 4.69) is 0 Å². The molecule has 150 valence electrons. The van der Waals surface area contributed by atoms with Gasteiger partial charge in [0.05, 0.1) is 10.6 Å². The number of phenolic OH excluding ortho intramolecular Hbond substituents is 1. The SMILES string of the molecule is Cc1ccc(COc2ccccc2C=C2SC(=O)N(c3cccc(O)c3)C2=O)cc1. The minimum Gasteiger partial charge on any atom is -0.508 e. The van der Waals surface area contributed by atoms with Crippen LogP contribution in [0.3, 0.4) is 0 Å².